The van der Waals surface area contributed by atoms with Crippen LogP contribution < -0.4 is 16.0 Å². The number of hydrogen-bond donors (Lipinski definition) is 2. The molecule has 0 aromatic carbocycles. The summed E-state index contributed by atoms with van der Waals surface area (Å²) in [5.74, 6) is 1.07. The van der Waals surface area contributed by atoms with Crippen LogP contribution in [0.15, 0.2) is 6.07 Å². The monoisotopic (exact) mass is 274 g/mol. The molecular formula is C15H22N4O. The molecule has 20 heavy (non-hydrogen) atoms. The third-order valence-electron chi connectivity index (χ3n) is 4.22. The molecule has 1 aliphatic heterocycles. The molecule has 1 saturated heterocycles. The van der Waals surface area contributed by atoms with Crippen LogP contribution in [-0.2, 0) is 24.2 Å². The molecule has 0 radical (unpaired) electrons. The average molecular weight is 274 g/mol. The lowest BCUT2D eigenvalue weighted by atomic mass is 10.1. The Bertz CT molecular complexity index is 529. The van der Waals surface area contributed by atoms with Gasteiger partial charge in [-0.3, -0.25) is 4.79 Å². The molecule has 0 saturated carbocycles. The van der Waals surface area contributed by atoms with Gasteiger partial charge < -0.3 is 16.0 Å². The molecule has 108 valence electrons. The highest BCUT2D eigenvalue weighted by molar-refractivity contribution is 5.73. The first kappa shape index (κ1) is 13.4. The van der Waals surface area contributed by atoms with E-state index in [0.29, 0.717) is 6.54 Å². The summed E-state index contributed by atoms with van der Waals surface area (Å²) in [5, 5.41) is 2.99. The number of amides is 1. The number of hydrogen-bond acceptors (Lipinski definition) is 4. The van der Waals surface area contributed by atoms with Crippen molar-refractivity contribution < 1.29 is 4.79 Å². The Balaban J connectivity index is 1.82. The summed E-state index contributed by atoms with van der Waals surface area (Å²) in [5.41, 5.74) is 9.63. The Morgan fingerprint density at radius 3 is 3.15 bits per heavy atom. The van der Waals surface area contributed by atoms with E-state index in [1.54, 1.807) is 6.92 Å². The maximum absolute atomic E-state index is 11.2. The fourth-order valence-corrected chi connectivity index (χ4v) is 3.29. The van der Waals surface area contributed by atoms with Crippen LogP contribution in [0.5, 0.6) is 0 Å². The second kappa shape index (κ2) is 5.40. The highest BCUT2D eigenvalue weighted by Gasteiger charge is 2.27. The predicted octanol–water partition coefficient (Wildman–Crippen LogP) is 0.744. The molecule has 5 nitrogen and oxygen atoms in total. The number of nitrogens with two attached hydrogens (primary N) is 1. The summed E-state index contributed by atoms with van der Waals surface area (Å²) in [6.07, 6.45) is 4.38. The topological polar surface area (TPSA) is 71.2 Å². The summed E-state index contributed by atoms with van der Waals surface area (Å²) in [7, 11) is 0. The number of pyridine rings is 1. The van der Waals surface area contributed by atoms with Crippen molar-refractivity contribution >= 4 is 11.7 Å². The SMILES string of the molecule is CC(=O)NC1CCN(c2nc3c(cc2CN)CCC3)C1. The number of anilines is 1. The maximum atomic E-state index is 11.2. The zero-order valence-corrected chi connectivity index (χ0v) is 12.0. The number of carbonyl (C=O) groups is 1. The van der Waals surface area contributed by atoms with Gasteiger partial charge in [-0.1, -0.05) is 0 Å². The Labute approximate surface area is 119 Å². The van der Waals surface area contributed by atoms with E-state index in [1.807, 2.05) is 0 Å². The van der Waals surface area contributed by atoms with Gasteiger partial charge in [0.15, 0.2) is 0 Å². The fourth-order valence-electron chi connectivity index (χ4n) is 3.29. The third-order valence-corrected chi connectivity index (χ3v) is 4.22. The summed E-state index contributed by atoms with van der Waals surface area (Å²) in [4.78, 5) is 18.3. The molecule has 2 heterocycles. The van der Waals surface area contributed by atoms with Crippen molar-refractivity contribution in [1.29, 1.82) is 0 Å². The number of carbonyl (C=O) groups excluding carboxylic acids is 1. The molecule has 0 spiro atoms. The molecule has 3 rings (SSSR count). The van der Waals surface area contributed by atoms with Gasteiger partial charge in [-0.05, 0) is 37.3 Å². The molecule has 3 N–H and O–H groups in total. The van der Waals surface area contributed by atoms with E-state index in [9.17, 15) is 4.79 Å². The predicted molar refractivity (Wildman–Crippen MR) is 78.6 cm³/mol. The van der Waals surface area contributed by atoms with Crippen LogP contribution >= 0.6 is 0 Å². The van der Waals surface area contributed by atoms with Crippen molar-refractivity contribution in [2.24, 2.45) is 5.73 Å². The highest BCUT2D eigenvalue weighted by Crippen LogP contribution is 2.29. The number of aromatic nitrogens is 1. The van der Waals surface area contributed by atoms with Crippen molar-refractivity contribution in [2.45, 2.75) is 45.2 Å². The number of nitrogens with one attached hydrogen (secondary N) is 1. The first-order chi connectivity index (χ1) is 9.67. The van der Waals surface area contributed by atoms with Gasteiger partial charge in [-0.25, -0.2) is 4.98 Å². The summed E-state index contributed by atoms with van der Waals surface area (Å²) in [6.45, 7) is 3.86. The molecule has 1 aromatic rings. The van der Waals surface area contributed by atoms with Crippen molar-refractivity contribution in [2.75, 3.05) is 18.0 Å². The van der Waals surface area contributed by atoms with Gasteiger partial charge in [0, 0.05) is 43.9 Å². The van der Waals surface area contributed by atoms with E-state index >= 15 is 0 Å². The molecule has 1 aromatic heterocycles. The minimum Gasteiger partial charge on any atom is -0.354 e. The lowest BCUT2D eigenvalue weighted by molar-refractivity contribution is -0.119. The van der Waals surface area contributed by atoms with Gasteiger partial charge in [-0.2, -0.15) is 0 Å². The third kappa shape index (κ3) is 2.50. The Hall–Kier alpha value is -1.62. The minimum atomic E-state index is 0.0396. The molecule has 0 bridgehead atoms. The lowest BCUT2D eigenvalue weighted by Gasteiger charge is -2.21. The fraction of sp³-hybridized carbons (Fsp3) is 0.600. The van der Waals surface area contributed by atoms with Crippen molar-refractivity contribution in [3.63, 3.8) is 0 Å². The van der Waals surface area contributed by atoms with E-state index in [0.717, 1.165) is 43.7 Å². The average Bonchev–Trinajstić information content (AvgIpc) is 3.04. The van der Waals surface area contributed by atoms with Crippen LogP contribution in [0.2, 0.25) is 0 Å². The zero-order chi connectivity index (χ0) is 14.1. The van der Waals surface area contributed by atoms with Gasteiger partial charge >= 0.3 is 0 Å². The van der Waals surface area contributed by atoms with Crippen molar-refractivity contribution in [1.82, 2.24) is 10.3 Å². The first-order valence-electron chi connectivity index (χ1n) is 7.41. The van der Waals surface area contributed by atoms with E-state index < -0.39 is 0 Å². The van der Waals surface area contributed by atoms with Crippen LogP contribution in [0.4, 0.5) is 5.82 Å². The molecule has 1 aliphatic carbocycles. The van der Waals surface area contributed by atoms with Gasteiger partial charge in [0.25, 0.3) is 0 Å². The van der Waals surface area contributed by atoms with Gasteiger partial charge in [-0.15, -0.1) is 0 Å². The summed E-state index contributed by atoms with van der Waals surface area (Å²) < 4.78 is 0. The maximum Gasteiger partial charge on any atom is 0.217 e. The van der Waals surface area contributed by atoms with Crippen LogP contribution in [0, 0.1) is 0 Å². The Kier molecular flexibility index (Phi) is 3.61. The first-order valence-corrected chi connectivity index (χ1v) is 7.41. The smallest absolute Gasteiger partial charge is 0.217 e. The standard InChI is InChI=1S/C15H22N4O/c1-10(20)17-13-5-6-19(9-13)15-12(8-16)7-11-3-2-4-14(11)18-15/h7,13H,2-6,8-9,16H2,1H3,(H,17,20). The summed E-state index contributed by atoms with van der Waals surface area (Å²) in [6, 6.07) is 2.46. The van der Waals surface area contributed by atoms with Gasteiger partial charge in [0.1, 0.15) is 5.82 Å². The van der Waals surface area contributed by atoms with E-state index in [-0.39, 0.29) is 11.9 Å². The molecule has 2 aliphatic rings. The number of rotatable bonds is 3. The largest absolute Gasteiger partial charge is 0.354 e. The second-order valence-corrected chi connectivity index (χ2v) is 5.77. The number of nitrogens with zero attached hydrogens (tertiary/aromatic N) is 2. The van der Waals surface area contributed by atoms with Crippen LogP contribution in [0.1, 0.15) is 36.6 Å². The van der Waals surface area contributed by atoms with E-state index in [2.05, 4.69) is 16.3 Å². The normalized spacial score (nSPS) is 21.1. The van der Waals surface area contributed by atoms with Gasteiger partial charge in [0.2, 0.25) is 5.91 Å². The van der Waals surface area contributed by atoms with E-state index in [1.165, 1.54) is 17.7 Å². The van der Waals surface area contributed by atoms with Crippen molar-refractivity contribution in [3.8, 4) is 0 Å². The van der Waals surface area contributed by atoms with Crippen molar-refractivity contribution in [3.05, 3.63) is 22.9 Å². The summed E-state index contributed by atoms with van der Waals surface area (Å²) >= 11 is 0. The molecule has 1 amide bonds. The molecule has 1 atom stereocenters. The van der Waals surface area contributed by atoms with E-state index in [4.69, 9.17) is 10.7 Å². The molecule has 1 unspecified atom stereocenters. The minimum absolute atomic E-state index is 0.0396. The molecule has 1 fully saturated rings. The lowest BCUT2D eigenvalue weighted by Crippen LogP contribution is -2.36. The van der Waals surface area contributed by atoms with Gasteiger partial charge in [0.05, 0.1) is 0 Å². The Morgan fingerprint density at radius 1 is 1.55 bits per heavy atom. The second-order valence-electron chi connectivity index (χ2n) is 5.77. The Morgan fingerprint density at radius 2 is 2.40 bits per heavy atom. The number of fused-ring (bicyclic) bond motifs is 1. The zero-order valence-electron chi connectivity index (χ0n) is 12.0. The van der Waals surface area contributed by atoms with Crippen LogP contribution in [-0.4, -0.2) is 30.0 Å². The quantitative estimate of drug-likeness (QED) is 0.853. The number of aryl methyl sites for hydroxylation is 2. The highest BCUT2D eigenvalue weighted by atomic mass is 16.1. The molecular weight excluding hydrogens is 252 g/mol. The molecule has 5 heteroatoms. The van der Waals surface area contributed by atoms with Crippen LogP contribution in [0.3, 0.4) is 0 Å². The van der Waals surface area contributed by atoms with Crippen LogP contribution in [0.25, 0.3) is 0 Å².